The van der Waals surface area contributed by atoms with Crippen molar-refractivity contribution in [2.24, 2.45) is 0 Å². The number of hydrogen-bond acceptors (Lipinski definition) is 7. The summed E-state index contributed by atoms with van der Waals surface area (Å²) in [6, 6.07) is 14.3. The van der Waals surface area contributed by atoms with Gasteiger partial charge in [-0.2, -0.15) is 0 Å². The van der Waals surface area contributed by atoms with Crippen LogP contribution < -0.4 is 9.47 Å². The molecule has 0 amide bonds. The Morgan fingerprint density at radius 1 is 1.13 bits per heavy atom. The lowest BCUT2D eigenvalue weighted by Gasteiger charge is -2.38. The minimum Gasteiger partial charge on any atom is -0.497 e. The maximum Gasteiger partial charge on any atom is 0.341 e. The Balaban J connectivity index is 2.11. The topological polar surface area (TPSA) is 74.3 Å². The van der Waals surface area contributed by atoms with E-state index in [2.05, 4.69) is 6.58 Å². The van der Waals surface area contributed by atoms with E-state index in [1.54, 1.807) is 44.5 Å². The predicted molar refractivity (Wildman–Crippen MR) is 111 cm³/mol. The van der Waals surface area contributed by atoms with Gasteiger partial charge in [0.15, 0.2) is 5.54 Å². The lowest BCUT2D eigenvalue weighted by Crippen LogP contribution is -2.54. The van der Waals surface area contributed by atoms with Crippen molar-refractivity contribution in [1.29, 1.82) is 0 Å². The smallest absolute Gasteiger partial charge is 0.341 e. The first-order valence-corrected chi connectivity index (χ1v) is 9.51. The number of rotatable bonds is 7. The first-order chi connectivity index (χ1) is 14.5. The van der Waals surface area contributed by atoms with Gasteiger partial charge in [-0.1, -0.05) is 30.8 Å². The number of carbonyl (C=O) groups is 2. The first-order valence-electron chi connectivity index (χ1n) is 9.51. The Bertz CT molecular complexity index is 943. The van der Waals surface area contributed by atoms with Crippen LogP contribution in [0.5, 0.6) is 17.2 Å². The van der Waals surface area contributed by atoms with Gasteiger partial charge in [-0.25, -0.2) is 9.59 Å². The number of carbonyl (C=O) groups excluding carboxylic acids is 2. The number of nitrogens with zero attached hydrogens (tertiary/aromatic N) is 1. The van der Waals surface area contributed by atoms with Crippen LogP contribution >= 0.6 is 0 Å². The summed E-state index contributed by atoms with van der Waals surface area (Å²) in [4.78, 5) is 27.0. The van der Waals surface area contributed by atoms with E-state index in [0.29, 0.717) is 35.8 Å². The monoisotopic (exact) mass is 411 g/mol. The number of esters is 2. The molecule has 0 radical (unpaired) electrons. The van der Waals surface area contributed by atoms with Gasteiger partial charge in [0.05, 0.1) is 13.2 Å². The van der Waals surface area contributed by atoms with Crippen LogP contribution in [0.1, 0.15) is 12.0 Å². The molecule has 1 aliphatic heterocycles. The molecule has 1 fully saturated rings. The molecule has 3 rings (SSSR count). The van der Waals surface area contributed by atoms with E-state index in [9.17, 15) is 9.59 Å². The molecule has 2 aromatic carbocycles. The Kier molecular flexibility index (Phi) is 6.54. The largest absolute Gasteiger partial charge is 0.497 e. The highest BCUT2D eigenvalue weighted by atomic mass is 16.6. The molecule has 0 bridgehead atoms. The normalized spacial score (nSPS) is 21.1. The molecule has 2 unspecified atom stereocenters. The van der Waals surface area contributed by atoms with Gasteiger partial charge < -0.3 is 18.9 Å². The van der Waals surface area contributed by atoms with Crippen molar-refractivity contribution in [2.45, 2.75) is 18.1 Å². The van der Waals surface area contributed by atoms with Crippen molar-refractivity contribution in [1.82, 2.24) is 4.90 Å². The molecule has 2 atom stereocenters. The molecule has 7 nitrogen and oxygen atoms in total. The van der Waals surface area contributed by atoms with E-state index < -0.39 is 23.6 Å². The molecule has 2 aromatic rings. The van der Waals surface area contributed by atoms with Gasteiger partial charge in [0.25, 0.3) is 0 Å². The summed E-state index contributed by atoms with van der Waals surface area (Å²) in [7, 11) is 4.90. The van der Waals surface area contributed by atoms with Crippen LogP contribution in [-0.4, -0.2) is 50.8 Å². The SMILES string of the molecule is C=CC(=O)OC(=O)C1(c2ccccc2Oc2cccc(OC)c2)C(OC)CCN1C. The van der Waals surface area contributed by atoms with Gasteiger partial charge in [0.1, 0.15) is 17.2 Å². The van der Waals surface area contributed by atoms with E-state index in [1.165, 1.54) is 7.11 Å². The molecule has 1 heterocycles. The molecule has 30 heavy (non-hydrogen) atoms. The zero-order chi connectivity index (χ0) is 21.7. The van der Waals surface area contributed by atoms with Gasteiger partial charge in [-0.05, 0) is 31.7 Å². The zero-order valence-electron chi connectivity index (χ0n) is 17.3. The highest BCUT2D eigenvalue weighted by Crippen LogP contribution is 2.45. The number of methoxy groups -OCH3 is 2. The van der Waals surface area contributed by atoms with Crippen molar-refractivity contribution in [3.05, 3.63) is 66.7 Å². The van der Waals surface area contributed by atoms with Crippen molar-refractivity contribution >= 4 is 11.9 Å². The Morgan fingerprint density at radius 2 is 1.87 bits per heavy atom. The highest BCUT2D eigenvalue weighted by Gasteiger charge is 2.58. The van der Waals surface area contributed by atoms with Gasteiger partial charge in [-0.3, -0.25) is 4.90 Å². The van der Waals surface area contributed by atoms with Crippen LogP contribution in [0, 0.1) is 0 Å². The highest BCUT2D eigenvalue weighted by molar-refractivity contribution is 5.97. The fourth-order valence-electron chi connectivity index (χ4n) is 3.88. The molecule has 0 aromatic heterocycles. The minimum atomic E-state index is -1.36. The van der Waals surface area contributed by atoms with Gasteiger partial charge in [-0.15, -0.1) is 0 Å². The summed E-state index contributed by atoms with van der Waals surface area (Å²) in [6.45, 7) is 3.95. The molecule has 0 aliphatic carbocycles. The molecular weight excluding hydrogens is 386 g/mol. The molecule has 7 heteroatoms. The van der Waals surface area contributed by atoms with Gasteiger partial charge in [0.2, 0.25) is 0 Å². The molecule has 0 saturated carbocycles. The number of likely N-dealkylation sites (tertiary alicyclic amines) is 1. The molecule has 1 saturated heterocycles. The first kappa shape index (κ1) is 21.5. The Morgan fingerprint density at radius 3 is 2.57 bits per heavy atom. The van der Waals surface area contributed by atoms with E-state index in [1.807, 2.05) is 23.1 Å². The fraction of sp³-hybridized carbons (Fsp3) is 0.304. The average molecular weight is 411 g/mol. The summed E-state index contributed by atoms with van der Waals surface area (Å²) >= 11 is 0. The third-order valence-electron chi connectivity index (χ3n) is 5.32. The predicted octanol–water partition coefficient (Wildman–Crippen LogP) is 3.29. The summed E-state index contributed by atoms with van der Waals surface area (Å²) in [5.74, 6) is 0.0803. The van der Waals surface area contributed by atoms with E-state index in [0.717, 1.165) is 6.08 Å². The second-order valence-electron chi connectivity index (χ2n) is 6.89. The van der Waals surface area contributed by atoms with Gasteiger partial charge in [0, 0.05) is 31.4 Å². The van der Waals surface area contributed by atoms with Crippen molar-refractivity contribution in [2.75, 3.05) is 27.8 Å². The average Bonchev–Trinajstić information content (AvgIpc) is 3.11. The molecule has 0 N–H and O–H groups in total. The fourth-order valence-corrected chi connectivity index (χ4v) is 3.88. The van der Waals surface area contributed by atoms with E-state index in [4.69, 9.17) is 18.9 Å². The van der Waals surface area contributed by atoms with Crippen molar-refractivity contribution in [3.8, 4) is 17.2 Å². The Labute approximate surface area is 175 Å². The van der Waals surface area contributed by atoms with Crippen molar-refractivity contribution < 1.29 is 28.5 Å². The van der Waals surface area contributed by atoms with Crippen LogP contribution in [0.15, 0.2) is 61.2 Å². The van der Waals surface area contributed by atoms with Gasteiger partial charge >= 0.3 is 11.9 Å². The van der Waals surface area contributed by atoms with Crippen LogP contribution in [0.25, 0.3) is 0 Å². The molecular formula is C23H25NO6. The maximum atomic E-state index is 13.3. The quantitative estimate of drug-likeness (QED) is 0.393. The van der Waals surface area contributed by atoms with Crippen molar-refractivity contribution in [3.63, 3.8) is 0 Å². The summed E-state index contributed by atoms with van der Waals surface area (Å²) in [5.41, 5.74) is -0.815. The summed E-state index contributed by atoms with van der Waals surface area (Å²) in [5, 5.41) is 0. The lowest BCUT2D eigenvalue weighted by molar-refractivity contribution is -0.170. The number of para-hydroxylation sites is 1. The van der Waals surface area contributed by atoms with Crippen LogP contribution in [0.3, 0.4) is 0 Å². The molecule has 158 valence electrons. The maximum absolute atomic E-state index is 13.3. The number of likely N-dealkylation sites (N-methyl/N-ethyl adjacent to an activating group) is 1. The summed E-state index contributed by atoms with van der Waals surface area (Å²) in [6.07, 6.45) is 1.00. The third kappa shape index (κ3) is 3.81. The minimum absolute atomic E-state index is 0.449. The number of hydrogen-bond donors (Lipinski definition) is 0. The zero-order valence-corrected chi connectivity index (χ0v) is 17.3. The molecule has 0 spiro atoms. The van der Waals surface area contributed by atoms with E-state index >= 15 is 0 Å². The van der Waals surface area contributed by atoms with Crippen LogP contribution in [-0.2, 0) is 24.6 Å². The number of benzene rings is 2. The standard InChI is InChI=1S/C23H25NO6/c1-5-21(25)30-22(26)23(20(28-4)13-14-24(23)2)18-11-6-7-12-19(18)29-17-10-8-9-16(15-17)27-3/h5-12,15,20H,1,13-14H2,2-4H3. The second kappa shape index (κ2) is 9.11. The van der Waals surface area contributed by atoms with Crippen LogP contribution in [0.4, 0.5) is 0 Å². The second-order valence-corrected chi connectivity index (χ2v) is 6.89. The summed E-state index contributed by atoms with van der Waals surface area (Å²) < 4.78 is 22.2. The number of ether oxygens (including phenoxy) is 4. The third-order valence-corrected chi connectivity index (χ3v) is 5.32. The molecule has 1 aliphatic rings. The van der Waals surface area contributed by atoms with E-state index in [-0.39, 0.29) is 0 Å². The Hall–Kier alpha value is -3.16. The lowest BCUT2D eigenvalue weighted by atomic mass is 9.84. The van der Waals surface area contributed by atoms with Crippen LogP contribution in [0.2, 0.25) is 0 Å².